The summed E-state index contributed by atoms with van der Waals surface area (Å²) < 4.78 is 10.3. The van der Waals surface area contributed by atoms with E-state index in [0.29, 0.717) is 35.1 Å². The van der Waals surface area contributed by atoms with Crippen LogP contribution in [0.2, 0.25) is 10.0 Å². The fraction of sp³-hybridized carbons (Fsp3) is 0.238. The molecule has 29 heavy (non-hydrogen) atoms. The Bertz CT molecular complexity index is 975. The van der Waals surface area contributed by atoms with Gasteiger partial charge in [-0.25, -0.2) is 0 Å². The van der Waals surface area contributed by atoms with Crippen LogP contribution in [0.5, 0.6) is 5.75 Å². The van der Waals surface area contributed by atoms with Gasteiger partial charge in [0, 0.05) is 42.6 Å². The number of benzene rings is 2. The molecule has 1 aliphatic heterocycles. The van der Waals surface area contributed by atoms with Crippen LogP contribution in [0.1, 0.15) is 12.0 Å². The van der Waals surface area contributed by atoms with Crippen LogP contribution in [0.15, 0.2) is 48.2 Å². The van der Waals surface area contributed by atoms with Gasteiger partial charge in [-0.05, 0) is 30.7 Å². The number of carbonyl (C=O) groups is 2. The highest BCUT2D eigenvalue weighted by Crippen LogP contribution is 2.35. The zero-order chi connectivity index (χ0) is 21.0. The second-order valence-electron chi connectivity index (χ2n) is 6.34. The highest BCUT2D eigenvalue weighted by atomic mass is 35.5. The summed E-state index contributed by atoms with van der Waals surface area (Å²) in [6.45, 7) is 0.677. The van der Waals surface area contributed by atoms with E-state index in [4.69, 9.17) is 32.7 Å². The van der Waals surface area contributed by atoms with Crippen molar-refractivity contribution in [2.75, 3.05) is 32.7 Å². The molecule has 2 amide bonds. The molecular formula is C21H20Cl2N2O4. The van der Waals surface area contributed by atoms with Gasteiger partial charge in [0.25, 0.3) is 11.8 Å². The van der Waals surface area contributed by atoms with E-state index in [1.807, 2.05) is 0 Å². The molecule has 6 nitrogen and oxygen atoms in total. The maximum absolute atomic E-state index is 13.1. The Morgan fingerprint density at radius 2 is 1.83 bits per heavy atom. The van der Waals surface area contributed by atoms with Crippen molar-refractivity contribution in [2.24, 2.45) is 0 Å². The van der Waals surface area contributed by atoms with Crippen LogP contribution >= 0.6 is 23.2 Å². The van der Waals surface area contributed by atoms with Crippen LogP contribution in [-0.2, 0) is 14.3 Å². The number of hydrogen-bond acceptors (Lipinski definition) is 5. The van der Waals surface area contributed by atoms with Crippen LogP contribution in [0.25, 0.3) is 5.57 Å². The Morgan fingerprint density at radius 3 is 2.52 bits per heavy atom. The first-order chi connectivity index (χ1) is 14.0. The van der Waals surface area contributed by atoms with Crippen molar-refractivity contribution in [1.29, 1.82) is 0 Å². The van der Waals surface area contributed by atoms with Crippen molar-refractivity contribution < 1.29 is 19.1 Å². The number of nitrogens with zero attached hydrogens (tertiary/aromatic N) is 1. The van der Waals surface area contributed by atoms with E-state index in [9.17, 15) is 9.59 Å². The predicted octanol–water partition coefficient (Wildman–Crippen LogP) is 4.23. The van der Waals surface area contributed by atoms with Crippen molar-refractivity contribution in [1.82, 2.24) is 4.90 Å². The largest absolute Gasteiger partial charge is 0.497 e. The number of amides is 2. The zero-order valence-electron chi connectivity index (χ0n) is 16.0. The molecule has 1 N–H and O–H groups in total. The molecule has 0 radical (unpaired) electrons. The topological polar surface area (TPSA) is 67.9 Å². The standard InChI is InChI=1S/C21H20Cl2N2O4/c1-28-10-4-9-25-20(26)18(16-8-7-13(22)11-17(16)23)19(21(25)27)24-14-5-3-6-15(12-14)29-2/h3,5-8,11-12,24H,4,9-10H2,1-2H3. The van der Waals surface area contributed by atoms with Gasteiger partial charge in [-0.15, -0.1) is 0 Å². The summed E-state index contributed by atoms with van der Waals surface area (Å²) in [5.74, 6) is -0.217. The minimum absolute atomic E-state index is 0.157. The number of rotatable bonds is 8. The molecule has 1 heterocycles. The second-order valence-corrected chi connectivity index (χ2v) is 7.18. The molecule has 8 heteroatoms. The van der Waals surface area contributed by atoms with Crippen molar-refractivity contribution in [3.05, 3.63) is 63.8 Å². The van der Waals surface area contributed by atoms with Crippen molar-refractivity contribution in [3.63, 3.8) is 0 Å². The summed E-state index contributed by atoms with van der Waals surface area (Å²) >= 11 is 12.3. The van der Waals surface area contributed by atoms with Crippen molar-refractivity contribution in [3.8, 4) is 5.75 Å². The van der Waals surface area contributed by atoms with Gasteiger partial charge in [-0.3, -0.25) is 14.5 Å². The number of hydrogen-bond donors (Lipinski definition) is 1. The summed E-state index contributed by atoms with van der Waals surface area (Å²) in [5.41, 5.74) is 1.41. The lowest BCUT2D eigenvalue weighted by molar-refractivity contribution is -0.136. The smallest absolute Gasteiger partial charge is 0.278 e. The summed E-state index contributed by atoms with van der Waals surface area (Å²) in [4.78, 5) is 27.4. The lowest BCUT2D eigenvalue weighted by Gasteiger charge is -2.15. The second kappa shape index (κ2) is 9.31. The molecule has 0 saturated heterocycles. The summed E-state index contributed by atoms with van der Waals surface area (Å²) in [5, 5.41) is 3.80. The van der Waals surface area contributed by atoms with Crippen LogP contribution in [-0.4, -0.2) is 44.1 Å². The molecule has 0 atom stereocenters. The molecule has 0 bridgehead atoms. The molecular weight excluding hydrogens is 415 g/mol. The number of methoxy groups -OCH3 is 2. The van der Waals surface area contributed by atoms with E-state index < -0.39 is 11.8 Å². The molecule has 0 fully saturated rings. The molecule has 3 rings (SSSR count). The lowest BCUT2D eigenvalue weighted by Crippen LogP contribution is -2.33. The number of nitrogens with one attached hydrogen (secondary N) is 1. The molecule has 2 aromatic carbocycles. The third kappa shape index (κ3) is 4.56. The Morgan fingerprint density at radius 1 is 1.03 bits per heavy atom. The average Bonchev–Trinajstić information content (AvgIpc) is 2.93. The third-order valence-corrected chi connectivity index (χ3v) is 4.99. The third-order valence-electron chi connectivity index (χ3n) is 4.44. The van der Waals surface area contributed by atoms with E-state index >= 15 is 0 Å². The van der Waals surface area contributed by atoms with Gasteiger partial charge >= 0.3 is 0 Å². The summed E-state index contributed by atoms with van der Waals surface area (Å²) in [7, 11) is 3.12. The number of halogens is 2. The highest BCUT2D eigenvalue weighted by Gasteiger charge is 2.39. The van der Waals surface area contributed by atoms with Crippen LogP contribution in [0.3, 0.4) is 0 Å². The zero-order valence-corrected chi connectivity index (χ0v) is 17.5. The number of carbonyl (C=O) groups excluding carboxylic acids is 2. The minimum atomic E-state index is -0.421. The normalized spacial score (nSPS) is 14.0. The lowest BCUT2D eigenvalue weighted by atomic mass is 10.0. The van der Waals surface area contributed by atoms with Crippen molar-refractivity contribution >= 4 is 46.3 Å². The number of imide groups is 1. The number of ether oxygens (including phenoxy) is 2. The first kappa shape index (κ1) is 21.2. The summed E-state index contributed by atoms with van der Waals surface area (Å²) in [6.07, 6.45) is 0.530. The minimum Gasteiger partial charge on any atom is -0.497 e. The predicted molar refractivity (Wildman–Crippen MR) is 113 cm³/mol. The van der Waals surface area contributed by atoms with Gasteiger partial charge in [0.2, 0.25) is 0 Å². The molecule has 0 spiro atoms. The van der Waals surface area contributed by atoms with Gasteiger partial charge in [0.05, 0.1) is 17.7 Å². The average molecular weight is 435 g/mol. The van der Waals surface area contributed by atoms with E-state index in [2.05, 4.69) is 5.32 Å². The van der Waals surface area contributed by atoms with Crippen LogP contribution in [0.4, 0.5) is 5.69 Å². The Labute approximate surface area is 179 Å². The van der Waals surface area contributed by atoms with Crippen LogP contribution in [0, 0.1) is 0 Å². The molecule has 0 unspecified atom stereocenters. The monoisotopic (exact) mass is 434 g/mol. The maximum atomic E-state index is 13.1. The molecule has 152 valence electrons. The fourth-order valence-electron chi connectivity index (χ4n) is 3.05. The highest BCUT2D eigenvalue weighted by molar-refractivity contribution is 6.41. The van der Waals surface area contributed by atoms with Gasteiger partial charge < -0.3 is 14.8 Å². The Balaban J connectivity index is 2.04. The van der Waals surface area contributed by atoms with Gasteiger partial charge in [0.15, 0.2) is 0 Å². The molecule has 0 aromatic heterocycles. The molecule has 2 aromatic rings. The van der Waals surface area contributed by atoms with Gasteiger partial charge in [0.1, 0.15) is 11.4 Å². The Kier molecular flexibility index (Phi) is 6.79. The SMILES string of the molecule is COCCCN1C(=O)C(Nc2cccc(OC)c2)=C(c2ccc(Cl)cc2Cl)C1=O. The Hall–Kier alpha value is -2.54. The van der Waals surface area contributed by atoms with E-state index in [1.165, 1.54) is 4.90 Å². The van der Waals surface area contributed by atoms with Crippen molar-refractivity contribution in [2.45, 2.75) is 6.42 Å². The first-order valence-electron chi connectivity index (χ1n) is 8.92. The molecule has 0 aliphatic carbocycles. The van der Waals surface area contributed by atoms with E-state index in [0.717, 1.165) is 0 Å². The van der Waals surface area contributed by atoms with E-state index in [-0.39, 0.29) is 22.8 Å². The van der Waals surface area contributed by atoms with Gasteiger partial charge in [-0.2, -0.15) is 0 Å². The summed E-state index contributed by atoms with van der Waals surface area (Å²) in [6, 6.07) is 11.9. The quantitative estimate of drug-likeness (QED) is 0.497. The first-order valence-corrected chi connectivity index (χ1v) is 9.67. The maximum Gasteiger partial charge on any atom is 0.278 e. The van der Waals surface area contributed by atoms with E-state index in [1.54, 1.807) is 56.7 Å². The van der Waals surface area contributed by atoms with Crippen LogP contribution < -0.4 is 10.1 Å². The molecule has 1 aliphatic rings. The van der Waals surface area contributed by atoms with Gasteiger partial charge in [-0.1, -0.05) is 35.3 Å². The number of anilines is 1. The molecule has 0 saturated carbocycles. The fourth-order valence-corrected chi connectivity index (χ4v) is 3.55.